The SMILES string of the molecule is CC.CNC(=O)N(CCC=O)c1nn(C)c2cc(N3CCC4(CC3)OCCO4)ccc12. The minimum atomic E-state index is -0.396. The van der Waals surface area contributed by atoms with Crippen molar-refractivity contribution in [3.63, 3.8) is 0 Å². The van der Waals surface area contributed by atoms with E-state index in [4.69, 9.17) is 9.47 Å². The Kier molecular flexibility index (Phi) is 7.50. The Bertz CT molecular complexity index is 897. The molecule has 1 aromatic heterocycles. The van der Waals surface area contributed by atoms with Gasteiger partial charge in [0.1, 0.15) is 6.29 Å². The third kappa shape index (κ3) is 4.67. The molecule has 0 unspecified atom stereocenters. The van der Waals surface area contributed by atoms with Gasteiger partial charge in [-0.2, -0.15) is 5.10 Å². The molecule has 3 heterocycles. The number of nitrogens with zero attached hydrogens (tertiary/aromatic N) is 4. The Morgan fingerprint density at radius 3 is 2.55 bits per heavy atom. The van der Waals surface area contributed by atoms with E-state index in [1.807, 2.05) is 27.0 Å². The monoisotopic (exact) mass is 431 g/mol. The summed E-state index contributed by atoms with van der Waals surface area (Å²) in [5, 5.41) is 8.06. The number of aldehydes is 1. The van der Waals surface area contributed by atoms with E-state index in [2.05, 4.69) is 27.4 Å². The average molecular weight is 432 g/mol. The zero-order chi connectivity index (χ0) is 22.4. The smallest absolute Gasteiger partial charge is 0.322 e. The molecular weight excluding hydrogens is 398 g/mol. The number of aromatic nitrogens is 2. The molecule has 31 heavy (non-hydrogen) atoms. The summed E-state index contributed by atoms with van der Waals surface area (Å²) >= 11 is 0. The fourth-order valence-corrected chi connectivity index (χ4v) is 4.13. The van der Waals surface area contributed by atoms with Gasteiger partial charge in [-0.05, 0) is 18.2 Å². The van der Waals surface area contributed by atoms with Crippen LogP contribution in [0.15, 0.2) is 18.2 Å². The van der Waals surface area contributed by atoms with Crippen LogP contribution in [-0.2, 0) is 21.3 Å². The van der Waals surface area contributed by atoms with Crippen LogP contribution in [0.3, 0.4) is 0 Å². The molecule has 2 amide bonds. The van der Waals surface area contributed by atoms with Gasteiger partial charge in [0.2, 0.25) is 0 Å². The number of rotatable bonds is 5. The number of hydrogen-bond donors (Lipinski definition) is 1. The summed E-state index contributed by atoms with van der Waals surface area (Å²) in [7, 11) is 3.43. The first-order valence-corrected chi connectivity index (χ1v) is 11.0. The number of nitrogens with one attached hydrogen (secondary N) is 1. The minimum absolute atomic E-state index is 0.253. The average Bonchev–Trinajstić information content (AvgIpc) is 3.40. The highest BCUT2D eigenvalue weighted by atomic mass is 16.7. The van der Waals surface area contributed by atoms with Gasteiger partial charge in [0, 0.05) is 64.1 Å². The van der Waals surface area contributed by atoms with Gasteiger partial charge in [0.05, 0.1) is 18.7 Å². The van der Waals surface area contributed by atoms with E-state index in [0.29, 0.717) is 19.0 Å². The van der Waals surface area contributed by atoms with E-state index >= 15 is 0 Å². The van der Waals surface area contributed by atoms with Gasteiger partial charge in [-0.1, -0.05) is 13.8 Å². The van der Waals surface area contributed by atoms with Crippen molar-refractivity contribution in [1.29, 1.82) is 0 Å². The number of aryl methyl sites for hydroxylation is 1. The molecule has 2 aliphatic heterocycles. The molecule has 9 nitrogen and oxygen atoms in total. The normalized spacial score (nSPS) is 17.4. The highest BCUT2D eigenvalue weighted by molar-refractivity contribution is 6.01. The molecule has 4 rings (SSSR count). The molecule has 0 bridgehead atoms. The van der Waals surface area contributed by atoms with Crippen LogP contribution in [0.2, 0.25) is 0 Å². The van der Waals surface area contributed by atoms with E-state index in [1.165, 1.54) is 4.90 Å². The second-order valence-corrected chi connectivity index (χ2v) is 7.41. The highest BCUT2D eigenvalue weighted by Crippen LogP contribution is 2.35. The Morgan fingerprint density at radius 1 is 1.26 bits per heavy atom. The van der Waals surface area contributed by atoms with E-state index in [9.17, 15) is 9.59 Å². The molecule has 2 saturated heterocycles. The molecule has 0 atom stereocenters. The van der Waals surface area contributed by atoms with Crippen molar-refractivity contribution in [3.8, 4) is 0 Å². The lowest BCUT2D eigenvalue weighted by atomic mass is 10.0. The van der Waals surface area contributed by atoms with Gasteiger partial charge >= 0.3 is 6.03 Å². The molecule has 1 aromatic carbocycles. The van der Waals surface area contributed by atoms with E-state index < -0.39 is 5.79 Å². The summed E-state index contributed by atoms with van der Waals surface area (Å²) in [5.74, 6) is 0.160. The number of benzene rings is 1. The molecule has 2 aromatic rings. The van der Waals surface area contributed by atoms with E-state index in [0.717, 1.165) is 48.8 Å². The van der Waals surface area contributed by atoms with Crippen molar-refractivity contribution in [2.45, 2.75) is 38.9 Å². The zero-order valence-electron chi connectivity index (χ0n) is 18.9. The topological polar surface area (TPSA) is 88.9 Å². The largest absolute Gasteiger partial charge is 0.371 e. The minimum Gasteiger partial charge on any atom is -0.371 e. The maximum atomic E-state index is 12.3. The van der Waals surface area contributed by atoms with E-state index in [1.54, 1.807) is 11.7 Å². The van der Waals surface area contributed by atoms with Crippen LogP contribution in [0.25, 0.3) is 10.9 Å². The zero-order valence-corrected chi connectivity index (χ0v) is 18.9. The van der Waals surface area contributed by atoms with Crippen LogP contribution in [0.4, 0.5) is 16.3 Å². The fraction of sp³-hybridized carbons (Fsp3) is 0.591. The summed E-state index contributed by atoms with van der Waals surface area (Å²) in [6.45, 7) is 7.36. The number of amides is 2. The van der Waals surface area contributed by atoms with Crippen molar-refractivity contribution in [3.05, 3.63) is 18.2 Å². The summed E-state index contributed by atoms with van der Waals surface area (Å²) in [5.41, 5.74) is 2.05. The second kappa shape index (κ2) is 10.1. The van der Waals surface area contributed by atoms with Crippen LogP contribution >= 0.6 is 0 Å². The number of urea groups is 1. The van der Waals surface area contributed by atoms with Crippen molar-refractivity contribution in [1.82, 2.24) is 15.1 Å². The molecule has 1 spiro atoms. The van der Waals surface area contributed by atoms with Crippen molar-refractivity contribution in [2.75, 3.05) is 49.7 Å². The van der Waals surface area contributed by atoms with Gasteiger partial charge in [0.25, 0.3) is 0 Å². The van der Waals surface area contributed by atoms with Crippen molar-refractivity contribution < 1.29 is 19.1 Å². The summed E-state index contributed by atoms with van der Waals surface area (Å²) < 4.78 is 13.4. The first-order valence-electron chi connectivity index (χ1n) is 11.0. The van der Waals surface area contributed by atoms with Gasteiger partial charge < -0.3 is 24.5 Å². The van der Waals surface area contributed by atoms with E-state index in [-0.39, 0.29) is 19.0 Å². The van der Waals surface area contributed by atoms with Crippen LogP contribution in [-0.4, -0.2) is 67.8 Å². The number of fused-ring (bicyclic) bond motifs is 1. The Balaban J connectivity index is 0.00000132. The lowest BCUT2D eigenvalue weighted by Gasteiger charge is -2.38. The number of carbonyl (C=O) groups excluding carboxylic acids is 2. The van der Waals surface area contributed by atoms with Crippen molar-refractivity contribution in [2.24, 2.45) is 7.05 Å². The summed E-state index contributed by atoms with van der Waals surface area (Å²) in [6, 6.07) is 5.87. The van der Waals surface area contributed by atoms with Gasteiger partial charge in [-0.3, -0.25) is 9.58 Å². The molecular formula is C22H33N5O4. The van der Waals surface area contributed by atoms with Crippen LogP contribution in [0, 0.1) is 0 Å². The maximum Gasteiger partial charge on any atom is 0.322 e. The highest BCUT2D eigenvalue weighted by Gasteiger charge is 2.39. The molecule has 1 N–H and O–H groups in total. The molecule has 2 fully saturated rings. The molecule has 0 saturated carbocycles. The summed E-state index contributed by atoms with van der Waals surface area (Å²) in [4.78, 5) is 27.0. The Hall–Kier alpha value is -2.65. The van der Waals surface area contributed by atoms with Crippen LogP contribution in [0.1, 0.15) is 33.1 Å². The molecule has 0 aliphatic carbocycles. The number of ether oxygens (including phenoxy) is 2. The third-order valence-corrected chi connectivity index (χ3v) is 5.70. The molecule has 170 valence electrons. The van der Waals surface area contributed by atoms with Crippen LogP contribution < -0.4 is 15.1 Å². The number of carbonyl (C=O) groups is 2. The van der Waals surface area contributed by atoms with Gasteiger partial charge in [-0.25, -0.2) is 4.79 Å². The number of hydrogen-bond acceptors (Lipinski definition) is 6. The Labute approximate surface area is 183 Å². The second-order valence-electron chi connectivity index (χ2n) is 7.41. The molecule has 0 radical (unpaired) electrons. The standard InChI is InChI=1S/C20H27N5O4.C2H6/c1-21-19(27)25(8-3-11-26)18-16-5-4-15(14-17(16)23(2)22-18)24-9-6-20(7-10-24)28-12-13-29-20;1-2/h4-5,11,14H,3,6-10,12-13H2,1-2H3,(H,21,27);1-2H3. The lowest BCUT2D eigenvalue weighted by molar-refractivity contribution is -0.169. The predicted octanol–water partition coefficient (Wildman–Crippen LogP) is 2.68. The fourth-order valence-electron chi connectivity index (χ4n) is 4.13. The van der Waals surface area contributed by atoms with Crippen molar-refractivity contribution >= 4 is 34.7 Å². The quantitative estimate of drug-likeness (QED) is 0.733. The van der Waals surface area contributed by atoms with Gasteiger partial charge in [-0.15, -0.1) is 0 Å². The van der Waals surface area contributed by atoms with Gasteiger partial charge in [0.15, 0.2) is 11.6 Å². The summed E-state index contributed by atoms with van der Waals surface area (Å²) in [6.07, 6.45) is 2.75. The molecule has 9 heteroatoms. The number of piperidine rings is 1. The maximum absolute atomic E-state index is 12.3. The number of anilines is 2. The first kappa shape index (κ1) is 23.0. The lowest BCUT2D eigenvalue weighted by Crippen LogP contribution is -2.45. The Morgan fingerprint density at radius 2 is 1.94 bits per heavy atom. The predicted molar refractivity (Wildman–Crippen MR) is 121 cm³/mol. The molecule has 2 aliphatic rings. The van der Waals surface area contributed by atoms with Crippen LogP contribution in [0.5, 0.6) is 0 Å². The first-order chi connectivity index (χ1) is 15.1. The third-order valence-electron chi connectivity index (χ3n) is 5.70.